The average Bonchev–Trinajstić information content (AvgIpc) is 2.47. The summed E-state index contributed by atoms with van der Waals surface area (Å²) in [5, 5.41) is 12.6. The molecule has 0 aromatic heterocycles. The molecule has 0 saturated heterocycles. The van der Waals surface area contributed by atoms with Gasteiger partial charge in [-0.05, 0) is 45.2 Å². The van der Waals surface area contributed by atoms with Gasteiger partial charge < -0.3 is 15.2 Å². The van der Waals surface area contributed by atoms with Gasteiger partial charge in [0, 0.05) is 12.1 Å². The highest BCUT2D eigenvalue weighted by Gasteiger charge is 2.27. The predicted octanol–water partition coefficient (Wildman–Crippen LogP) is 3.00. The van der Waals surface area contributed by atoms with Crippen molar-refractivity contribution in [2.24, 2.45) is 5.92 Å². The van der Waals surface area contributed by atoms with Crippen LogP contribution in [-0.2, 0) is 4.79 Å². The third-order valence-corrected chi connectivity index (χ3v) is 4.06. The Morgan fingerprint density at radius 1 is 1.38 bits per heavy atom. The minimum atomic E-state index is -0.662. The van der Waals surface area contributed by atoms with Gasteiger partial charge in [-0.3, -0.25) is 4.79 Å². The van der Waals surface area contributed by atoms with Crippen LogP contribution in [0.5, 0.6) is 5.75 Å². The quantitative estimate of drug-likeness (QED) is 0.846. The molecule has 0 bridgehead atoms. The number of carboxylic acids is 1. The number of hydrogen-bond donors (Lipinski definition) is 2. The van der Waals surface area contributed by atoms with E-state index in [9.17, 15) is 4.79 Å². The third-order valence-electron chi connectivity index (χ3n) is 4.06. The standard InChI is InChI=1S/C17H25NO3/c1-12-6-8-16(9-7-12)21-11-13(2)18-15-5-3-4-14(10-15)17(19)20/h6-9,13-15,18H,3-5,10-11H2,1-2H3,(H,19,20). The van der Waals surface area contributed by atoms with Crippen molar-refractivity contribution in [2.45, 2.75) is 51.6 Å². The Morgan fingerprint density at radius 3 is 2.76 bits per heavy atom. The highest BCUT2D eigenvalue weighted by molar-refractivity contribution is 5.70. The van der Waals surface area contributed by atoms with Gasteiger partial charge in [0.2, 0.25) is 0 Å². The molecule has 21 heavy (non-hydrogen) atoms. The van der Waals surface area contributed by atoms with Crippen molar-refractivity contribution in [2.75, 3.05) is 6.61 Å². The smallest absolute Gasteiger partial charge is 0.306 e. The van der Waals surface area contributed by atoms with Crippen LogP contribution in [0.3, 0.4) is 0 Å². The number of rotatable bonds is 6. The minimum Gasteiger partial charge on any atom is -0.492 e. The summed E-state index contributed by atoms with van der Waals surface area (Å²) in [5.74, 6) is 0.0211. The van der Waals surface area contributed by atoms with Gasteiger partial charge >= 0.3 is 5.97 Å². The summed E-state index contributed by atoms with van der Waals surface area (Å²) >= 11 is 0. The molecule has 0 amide bonds. The van der Waals surface area contributed by atoms with E-state index in [1.807, 2.05) is 24.3 Å². The molecule has 1 aliphatic rings. The molecule has 4 nitrogen and oxygen atoms in total. The zero-order valence-corrected chi connectivity index (χ0v) is 12.8. The van der Waals surface area contributed by atoms with Crippen LogP contribution in [0.25, 0.3) is 0 Å². The molecule has 116 valence electrons. The first kappa shape index (κ1) is 15.8. The van der Waals surface area contributed by atoms with Gasteiger partial charge in [0.25, 0.3) is 0 Å². The van der Waals surface area contributed by atoms with Crippen LogP contribution in [0.1, 0.15) is 38.2 Å². The van der Waals surface area contributed by atoms with Crippen molar-refractivity contribution >= 4 is 5.97 Å². The van der Waals surface area contributed by atoms with Gasteiger partial charge in [0.05, 0.1) is 5.92 Å². The maximum atomic E-state index is 11.1. The summed E-state index contributed by atoms with van der Waals surface area (Å²) in [5.41, 5.74) is 1.22. The molecule has 0 spiro atoms. The summed E-state index contributed by atoms with van der Waals surface area (Å²) in [7, 11) is 0. The summed E-state index contributed by atoms with van der Waals surface area (Å²) in [6, 6.07) is 8.52. The van der Waals surface area contributed by atoms with Crippen molar-refractivity contribution in [1.29, 1.82) is 0 Å². The third kappa shape index (κ3) is 5.05. The topological polar surface area (TPSA) is 58.6 Å². The first-order valence-corrected chi connectivity index (χ1v) is 7.73. The van der Waals surface area contributed by atoms with E-state index in [0.29, 0.717) is 6.61 Å². The lowest BCUT2D eigenvalue weighted by Gasteiger charge is -2.30. The molecule has 1 aromatic rings. The van der Waals surface area contributed by atoms with E-state index in [-0.39, 0.29) is 18.0 Å². The zero-order chi connectivity index (χ0) is 15.2. The maximum Gasteiger partial charge on any atom is 0.306 e. The molecule has 1 saturated carbocycles. The van der Waals surface area contributed by atoms with Crippen molar-refractivity contribution in [3.63, 3.8) is 0 Å². The van der Waals surface area contributed by atoms with Gasteiger partial charge in [-0.2, -0.15) is 0 Å². The second kappa shape index (κ2) is 7.46. The normalized spacial score (nSPS) is 23.5. The van der Waals surface area contributed by atoms with E-state index in [2.05, 4.69) is 19.2 Å². The summed E-state index contributed by atoms with van der Waals surface area (Å²) < 4.78 is 5.76. The van der Waals surface area contributed by atoms with Crippen LogP contribution in [0, 0.1) is 12.8 Å². The van der Waals surface area contributed by atoms with Crippen LogP contribution in [-0.4, -0.2) is 29.8 Å². The average molecular weight is 291 g/mol. The molecule has 3 unspecified atom stereocenters. The van der Waals surface area contributed by atoms with Crippen LogP contribution < -0.4 is 10.1 Å². The largest absolute Gasteiger partial charge is 0.492 e. The minimum absolute atomic E-state index is 0.193. The van der Waals surface area contributed by atoms with E-state index < -0.39 is 5.97 Å². The van der Waals surface area contributed by atoms with E-state index in [1.54, 1.807) is 0 Å². The Hall–Kier alpha value is -1.55. The van der Waals surface area contributed by atoms with Crippen molar-refractivity contribution in [1.82, 2.24) is 5.32 Å². The van der Waals surface area contributed by atoms with E-state index >= 15 is 0 Å². The fraction of sp³-hybridized carbons (Fsp3) is 0.588. The SMILES string of the molecule is Cc1ccc(OCC(C)NC2CCCC(C(=O)O)C2)cc1. The monoisotopic (exact) mass is 291 g/mol. The second-order valence-corrected chi connectivity index (χ2v) is 6.09. The Bertz CT molecular complexity index is 458. The number of benzene rings is 1. The first-order valence-electron chi connectivity index (χ1n) is 7.73. The predicted molar refractivity (Wildman–Crippen MR) is 82.7 cm³/mol. The number of aryl methyl sites for hydroxylation is 1. The van der Waals surface area contributed by atoms with Crippen molar-refractivity contribution in [3.05, 3.63) is 29.8 Å². The van der Waals surface area contributed by atoms with Gasteiger partial charge in [-0.25, -0.2) is 0 Å². The number of carboxylic acid groups (broad SMARTS) is 1. The summed E-state index contributed by atoms with van der Waals surface area (Å²) in [6.45, 7) is 4.73. The molecular formula is C17H25NO3. The second-order valence-electron chi connectivity index (χ2n) is 6.09. The molecular weight excluding hydrogens is 266 g/mol. The fourth-order valence-corrected chi connectivity index (χ4v) is 2.87. The van der Waals surface area contributed by atoms with Gasteiger partial charge in [-0.1, -0.05) is 24.1 Å². The van der Waals surface area contributed by atoms with Gasteiger partial charge in [0.15, 0.2) is 0 Å². The molecule has 0 radical (unpaired) electrons. The lowest BCUT2D eigenvalue weighted by Crippen LogP contribution is -2.43. The molecule has 0 aliphatic heterocycles. The number of aliphatic carboxylic acids is 1. The lowest BCUT2D eigenvalue weighted by molar-refractivity contribution is -0.143. The molecule has 1 aliphatic carbocycles. The molecule has 3 atom stereocenters. The highest BCUT2D eigenvalue weighted by atomic mass is 16.5. The summed E-state index contributed by atoms with van der Waals surface area (Å²) in [6.07, 6.45) is 3.57. The van der Waals surface area contributed by atoms with E-state index in [0.717, 1.165) is 31.4 Å². The van der Waals surface area contributed by atoms with Crippen LogP contribution >= 0.6 is 0 Å². The van der Waals surface area contributed by atoms with Crippen LogP contribution in [0.4, 0.5) is 0 Å². The number of hydrogen-bond acceptors (Lipinski definition) is 3. The van der Waals surface area contributed by atoms with Crippen LogP contribution in [0.2, 0.25) is 0 Å². The number of carbonyl (C=O) groups is 1. The molecule has 1 fully saturated rings. The van der Waals surface area contributed by atoms with E-state index in [1.165, 1.54) is 5.56 Å². The van der Waals surface area contributed by atoms with Crippen molar-refractivity contribution < 1.29 is 14.6 Å². The molecule has 2 rings (SSSR count). The summed E-state index contributed by atoms with van der Waals surface area (Å²) in [4.78, 5) is 11.1. The molecule has 0 heterocycles. The fourth-order valence-electron chi connectivity index (χ4n) is 2.87. The first-order chi connectivity index (χ1) is 10.0. The number of nitrogens with one attached hydrogen (secondary N) is 1. The highest BCUT2D eigenvalue weighted by Crippen LogP contribution is 2.24. The van der Waals surface area contributed by atoms with Gasteiger partial charge in [0.1, 0.15) is 12.4 Å². The van der Waals surface area contributed by atoms with Gasteiger partial charge in [-0.15, -0.1) is 0 Å². The zero-order valence-electron chi connectivity index (χ0n) is 12.8. The lowest BCUT2D eigenvalue weighted by atomic mass is 9.85. The molecule has 4 heteroatoms. The van der Waals surface area contributed by atoms with Crippen molar-refractivity contribution in [3.8, 4) is 5.75 Å². The Labute approximate surface area is 126 Å². The Balaban J connectivity index is 1.75. The Kier molecular flexibility index (Phi) is 5.62. The molecule has 1 aromatic carbocycles. The number of ether oxygens (including phenoxy) is 1. The Morgan fingerprint density at radius 2 is 2.10 bits per heavy atom. The molecule has 2 N–H and O–H groups in total. The van der Waals surface area contributed by atoms with Crippen LogP contribution in [0.15, 0.2) is 24.3 Å². The maximum absolute atomic E-state index is 11.1. The van der Waals surface area contributed by atoms with E-state index in [4.69, 9.17) is 9.84 Å².